The van der Waals surface area contributed by atoms with E-state index in [1.165, 1.54) is 27.2 Å². The molecule has 0 aromatic heterocycles. The second-order valence-corrected chi connectivity index (χ2v) is 6.66. The van der Waals surface area contributed by atoms with E-state index in [1.807, 2.05) is 0 Å². The van der Waals surface area contributed by atoms with Crippen LogP contribution in [0.25, 0.3) is 0 Å². The van der Waals surface area contributed by atoms with E-state index in [4.69, 9.17) is 32.7 Å². The summed E-state index contributed by atoms with van der Waals surface area (Å²) in [5.74, 6) is -0.582. The van der Waals surface area contributed by atoms with Crippen molar-refractivity contribution in [3.8, 4) is 11.5 Å². The number of azo groups is 1. The van der Waals surface area contributed by atoms with Gasteiger partial charge in [-0.15, -0.1) is 0 Å². The summed E-state index contributed by atoms with van der Waals surface area (Å²) in [6.07, 6.45) is 0. The van der Waals surface area contributed by atoms with Crippen LogP contribution in [0.15, 0.2) is 40.6 Å². The number of halogens is 2. The summed E-state index contributed by atoms with van der Waals surface area (Å²) >= 11 is 12.2. The number of anilines is 1. The number of rotatable bonds is 7. The monoisotopic (exact) mass is 423 g/mol. The minimum Gasteiger partial charge on any atom is -0.493 e. The van der Waals surface area contributed by atoms with E-state index in [9.17, 15) is 9.59 Å². The molecule has 0 bridgehead atoms. The predicted molar refractivity (Wildman–Crippen MR) is 108 cm³/mol. The number of nitrogens with zero attached hydrogens (tertiary/aromatic N) is 2. The number of methoxy groups -OCH3 is 2. The van der Waals surface area contributed by atoms with Crippen LogP contribution in [0.2, 0.25) is 10.0 Å². The van der Waals surface area contributed by atoms with Gasteiger partial charge in [0.1, 0.15) is 5.69 Å². The zero-order chi connectivity index (χ0) is 20.8. The van der Waals surface area contributed by atoms with E-state index in [1.54, 1.807) is 31.2 Å². The number of ketones is 1. The third kappa shape index (κ3) is 4.99. The van der Waals surface area contributed by atoms with Gasteiger partial charge in [0.25, 0.3) is 5.91 Å². The third-order valence-corrected chi connectivity index (χ3v) is 4.32. The largest absolute Gasteiger partial charge is 0.493 e. The maximum Gasteiger partial charge on any atom is 0.258 e. The van der Waals surface area contributed by atoms with Gasteiger partial charge in [0, 0.05) is 11.1 Å². The van der Waals surface area contributed by atoms with Crippen LogP contribution in [0.4, 0.5) is 11.4 Å². The highest BCUT2D eigenvalue weighted by molar-refractivity contribution is 6.33. The Hall–Kier alpha value is -2.64. The maximum absolute atomic E-state index is 12.7. The highest BCUT2D eigenvalue weighted by Crippen LogP contribution is 2.38. The molecule has 0 heterocycles. The minimum atomic E-state index is -1.37. The lowest BCUT2D eigenvalue weighted by atomic mass is 10.2. The van der Waals surface area contributed by atoms with Gasteiger partial charge < -0.3 is 14.8 Å². The molecule has 0 aliphatic heterocycles. The van der Waals surface area contributed by atoms with Crippen LogP contribution in [0, 0.1) is 6.92 Å². The average molecular weight is 424 g/mol. The number of hydrogen-bond acceptors (Lipinski definition) is 6. The zero-order valence-electron chi connectivity index (χ0n) is 15.7. The summed E-state index contributed by atoms with van der Waals surface area (Å²) in [5, 5.41) is 11.2. The van der Waals surface area contributed by atoms with Crippen LogP contribution in [0.3, 0.4) is 0 Å². The van der Waals surface area contributed by atoms with Crippen molar-refractivity contribution in [1.29, 1.82) is 0 Å². The summed E-state index contributed by atoms with van der Waals surface area (Å²) in [6.45, 7) is 3.05. The zero-order valence-corrected chi connectivity index (χ0v) is 17.3. The van der Waals surface area contributed by atoms with Gasteiger partial charge in [-0.2, -0.15) is 10.2 Å². The molecule has 0 spiro atoms. The van der Waals surface area contributed by atoms with E-state index < -0.39 is 17.7 Å². The van der Waals surface area contributed by atoms with Crippen molar-refractivity contribution in [3.63, 3.8) is 0 Å². The number of aryl methyl sites for hydroxylation is 1. The topological polar surface area (TPSA) is 89.4 Å². The number of ether oxygens (including phenoxy) is 2. The molecule has 2 aromatic rings. The molecule has 1 amide bonds. The molecule has 0 aliphatic rings. The normalized spacial score (nSPS) is 11.9. The Bertz CT molecular complexity index is 911. The first-order valence-corrected chi connectivity index (χ1v) is 8.92. The van der Waals surface area contributed by atoms with Gasteiger partial charge >= 0.3 is 0 Å². The van der Waals surface area contributed by atoms with E-state index in [-0.39, 0.29) is 11.4 Å². The number of amides is 1. The number of hydrogen-bond donors (Lipinski definition) is 1. The molecule has 0 aliphatic carbocycles. The van der Waals surface area contributed by atoms with E-state index in [2.05, 4.69) is 15.5 Å². The first-order valence-electron chi connectivity index (χ1n) is 8.17. The molecule has 0 radical (unpaired) electrons. The van der Waals surface area contributed by atoms with Crippen molar-refractivity contribution in [2.45, 2.75) is 19.9 Å². The van der Waals surface area contributed by atoms with Crippen LogP contribution >= 0.6 is 23.2 Å². The van der Waals surface area contributed by atoms with Crippen molar-refractivity contribution >= 4 is 46.3 Å². The number of Topliss-reactive ketones (excluding diaryl/α,β-unsaturated/α-hetero) is 1. The first kappa shape index (κ1) is 21.7. The number of nitrogens with one attached hydrogen (secondary N) is 1. The van der Waals surface area contributed by atoms with Crippen molar-refractivity contribution in [2.75, 3.05) is 19.5 Å². The Morgan fingerprint density at radius 3 is 2.43 bits per heavy atom. The highest BCUT2D eigenvalue weighted by atomic mass is 35.5. The molecule has 2 rings (SSSR count). The molecular weight excluding hydrogens is 405 g/mol. The summed E-state index contributed by atoms with van der Waals surface area (Å²) in [6, 6.07) is 6.86. The molecule has 2 aromatic carbocycles. The van der Waals surface area contributed by atoms with Crippen LogP contribution in [-0.4, -0.2) is 32.0 Å². The summed E-state index contributed by atoms with van der Waals surface area (Å²) in [5.41, 5.74) is 1.40. The molecule has 9 heteroatoms. The smallest absolute Gasteiger partial charge is 0.258 e. The third-order valence-electron chi connectivity index (χ3n) is 3.80. The lowest BCUT2D eigenvalue weighted by molar-refractivity contribution is -0.126. The molecule has 1 atom stereocenters. The molecule has 28 heavy (non-hydrogen) atoms. The van der Waals surface area contributed by atoms with Gasteiger partial charge in [0.2, 0.25) is 6.04 Å². The van der Waals surface area contributed by atoms with Crippen molar-refractivity contribution in [2.24, 2.45) is 10.2 Å². The molecule has 0 fully saturated rings. The standard InChI is InChI=1S/C19H19Cl2N3O4/c1-10-6-5-7-13(21)16(10)23-24-17(11(2)25)19(26)22-14-8-12(20)9-15(27-3)18(14)28-4/h5-9,17H,1-4H3,(H,22,26). The SMILES string of the molecule is COc1cc(Cl)cc(NC(=O)C(N=Nc2c(C)cccc2Cl)C(C)=O)c1OC. The quantitative estimate of drug-likeness (QED) is 0.501. The first-order chi connectivity index (χ1) is 13.3. The molecular formula is C19H19Cl2N3O4. The van der Waals surface area contributed by atoms with E-state index >= 15 is 0 Å². The fourth-order valence-corrected chi connectivity index (χ4v) is 2.88. The van der Waals surface area contributed by atoms with Crippen LogP contribution in [0.5, 0.6) is 11.5 Å². The van der Waals surface area contributed by atoms with Gasteiger partial charge in [-0.05, 0) is 31.5 Å². The van der Waals surface area contributed by atoms with Crippen LogP contribution in [-0.2, 0) is 9.59 Å². The molecule has 1 N–H and O–H groups in total. The highest BCUT2D eigenvalue weighted by Gasteiger charge is 2.25. The molecule has 0 saturated heterocycles. The lowest BCUT2D eigenvalue weighted by Gasteiger charge is -2.15. The number of carbonyl (C=O) groups is 2. The van der Waals surface area contributed by atoms with Crippen molar-refractivity contribution in [3.05, 3.63) is 45.9 Å². The Labute approximate surface area is 172 Å². The maximum atomic E-state index is 12.7. The van der Waals surface area contributed by atoms with Crippen LogP contribution in [0.1, 0.15) is 12.5 Å². The van der Waals surface area contributed by atoms with Gasteiger partial charge in [-0.25, -0.2) is 0 Å². The fraction of sp³-hybridized carbons (Fsp3) is 0.263. The second-order valence-electron chi connectivity index (χ2n) is 5.81. The molecule has 7 nitrogen and oxygen atoms in total. The van der Waals surface area contributed by atoms with Crippen molar-refractivity contribution in [1.82, 2.24) is 0 Å². The average Bonchev–Trinajstić information content (AvgIpc) is 2.63. The second kappa shape index (κ2) is 9.52. The number of carbonyl (C=O) groups excluding carboxylic acids is 2. The van der Waals surface area contributed by atoms with Gasteiger partial charge in [-0.3, -0.25) is 9.59 Å². The lowest BCUT2D eigenvalue weighted by Crippen LogP contribution is -2.32. The Balaban J connectivity index is 2.33. The summed E-state index contributed by atoms with van der Waals surface area (Å²) in [7, 11) is 2.86. The van der Waals surface area contributed by atoms with Crippen LogP contribution < -0.4 is 14.8 Å². The molecule has 0 saturated carbocycles. The molecule has 1 unspecified atom stereocenters. The minimum absolute atomic E-state index is 0.243. The van der Waals surface area contributed by atoms with Gasteiger partial charge in [0.15, 0.2) is 17.3 Å². The summed E-state index contributed by atoms with van der Waals surface area (Å²) < 4.78 is 10.5. The van der Waals surface area contributed by atoms with Gasteiger partial charge in [0.05, 0.1) is 24.9 Å². The van der Waals surface area contributed by atoms with Gasteiger partial charge in [-0.1, -0.05) is 35.3 Å². The van der Waals surface area contributed by atoms with E-state index in [0.717, 1.165) is 5.56 Å². The van der Waals surface area contributed by atoms with E-state index in [0.29, 0.717) is 21.5 Å². The Morgan fingerprint density at radius 1 is 1.14 bits per heavy atom. The predicted octanol–water partition coefficient (Wildman–Crippen LogP) is 5.00. The summed E-state index contributed by atoms with van der Waals surface area (Å²) in [4.78, 5) is 24.6. The number of benzene rings is 2. The van der Waals surface area contributed by atoms with Crippen molar-refractivity contribution < 1.29 is 19.1 Å². The Morgan fingerprint density at radius 2 is 1.86 bits per heavy atom. The Kier molecular flexibility index (Phi) is 7.37. The fourth-order valence-electron chi connectivity index (χ4n) is 2.41. The molecule has 148 valence electrons.